The lowest BCUT2D eigenvalue weighted by atomic mass is 9.72. The van der Waals surface area contributed by atoms with Crippen LogP contribution in [0.1, 0.15) is 19.4 Å². The topological polar surface area (TPSA) is 44.1 Å². The lowest BCUT2D eigenvalue weighted by molar-refractivity contribution is -0.131. The first-order chi connectivity index (χ1) is 8.27. The minimum atomic E-state index is -1.61. The number of alkyl halides is 1. The van der Waals surface area contributed by atoms with Gasteiger partial charge >= 0.3 is 0 Å². The van der Waals surface area contributed by atoms with E-state index in [-0.39, 0.29) is 0 Å². The van der Waals surface area contributed by atoms with Crippen LogP contribution in [0.25, 0.3) is 0 Å². The highest BCUT2D eigenvalue weighted by Gasteiger charge is 2.52. The van der Waals surface area contributed by atoms with Gasteiger partial charge in [-0.05, 0) is 5.56 Å². The molecule has 0 radical (unpaired) electrons. The van der Waals surface area contributed by atoms with Crippen molar-refractivity contribution in [2.75, 3.05) is 14.1 Å². The molecule has 0 N–H and O–H groups in total. The average molecular weight is 265 g/mol. The Morgan fingerprint density at radius 2 is 1.78 bits per heavy atom. The van der Waals surface area contributed by atoms with Gasteiger partial charge in [-0.15, -0.1) is 0 Å². The third-order valence-electron chi connectivity index (χ3n) is 3.21. The fraction of sp³-hybridized carbons (Fsp3) is 0.429. The van der Waals surface area contributed by atoms with Crippen molar-refractivity contribution in [1.29, 1.82) is 5.26 Å². The number of nitriles is 1. The summed E-state index contributed by atoms with van der Waals surface area (Å²) in [4.78, 5) is 11.9. The van der Waals surface area contributed by atoms with Crippen molar-refractivity contribution in [3.8, 4) is 6.07 Å². The largest absolute Gasteiger partial charge is 0.346 e. The Kier molecular flexibility index (Phi) is 4.03. The molecule has 0 saturated heterocycles. The maximum Gasteiger partial charge on any atom is 0.258 e. The third kappa shape index (κ3) is 2.21. The monoisotopic (exact) mass is 264 g/mol. The minimum absolute atomic E-state index is 0.402. The molecule has 0 heterocycles. The van der Waals surface area contributed by atoms with Crippen LogP contribution in [-0.4, -0.2) is 29.8 Å². The maximum atomic E-state index is 12.2. The predicted octanol–water partition coefficient (Wildman–Crippen LogP) is 2.55. The van der Waals surface area contributed by atoms with Gasteiger partial charge in [-0.3, -0.25) is 4.79 Å². The first-order valence-electron chi connectivity index (χ1n) is 5.65. The normalized spacial score (nSPS) is 14.4. The van der Waals surface area contributed by atoms with E-state index in [0.717, 1.165) is 5.56 Å². The van der Waals surface area contributed by atoms with E-state index in [0.29, 0.717) is 0 Å². The highest BCUT2D eigenvalue weighted by Crippen LogP contribution is 2.40. The minimum Gasteiger partial charge on any atom is -0.346 e. The van der Waals surface area contributed by atoms with Crippen LogP contribution in [0.5, 0.6) is 0 Å². The van der Waals surface area contributed by atoms with E-state index in [1.165, 1.54) is 4.90 Å². The fourth-order valence-corrected chi connectivity index (χ4v) is 2.09. The van der Waals surface area contributed by atoms with Crippen LogP contribution >= 0.6 is 11.6 Å². The molecule has 0 aromatic heterocycles. The molecular formula is C14H17ClN2O. The average Bonchev–Trinajstić information content (AvgIpc) is 2.37. The van der Waals surface area contributed by atoms with Gasteiger partial charge in [0.15, 0.2) is 0 Å². The summed E-state index contributed by atoms with van der Waals surface area (Å²) in [6.45, 7) is 3.61. The number of carbonyl (C=O) groups is 1. The molecule has 0 fully saturated rings. The Balaban J connectivity index is 3.33. The second-order valence-electron chi connectivity index (χ2n) is 4.96. The molecule has 1 amide bonds. The van der Waals surface area contributed by atoms with Crippen molar-refractivity contribution >= 4 is 17.5 Å². The molecule has 1 rings (SSSR count). The zero-order chi connectivity index (χ0) is 14.0. The number of halogens is 1. The number of amides is 1. The van der Waals surface area contributed by atoms with Crippen LogP contribution in [0.15, 0.2) is 30.3 Å². The summed E-state index contributed by atoms with van der Waals surface area (Å²) in [5.41, 5.74) is 0.0723. The molecule has 0 aliphatic carbocycles. The number of hydrogen-bond acceptors (Lipinski definition) is 2. The van der Waals surface area contributed by atoms with Gasteiger partial charge in [-0.1, -0.05) is 55.8 Å². The van der Waals surface area contributed by atoms with Crippen molar-refractivity contribution in [3.05, 3.63) is 35.9 Å². The Labute approximate surface area is 113 Å². The number of carbonyl (C=O) groups excluding carboxylic acids is 1. The molecule has 18 heavy (non-hydrogen) atoms. The highest BCUT2D eigenvalue weighted by atomic mass is 35.5. The summed E-state index contributed by atoms with van der Waals surface area (Å²) in [7, 11) is 3.19. The van der Waals surface area contributed by atoms with E-state index in [9.17, 15) is 10.1 Å². The summed E-state index contributed by atoms with van der Waals surface area (Å²) in [6.07, 6.45) is 0. The molecule has 0 spiro atoms. The lowest BCUT2D eigenvalue weighted by Gasteiger charge is -2.37. The van der Waals surface area contributed by atoms with Crippen LogP contribution in [0.4, 0.5) is 0 Å². The van der Waals surface area contributed by atoms with Gasteiger partial charge in [-0.25, -0.2) is 0 Å². The summed E-state index contributed by atoms with van der Waals surface area (Å²) in [5, 5.41) is 9.37. The quantitative estimate of drug-likeness (QED) is 0.788. The smallest absolute Gasteiger partial charge is 0.258 e. The Morgan fingerprint density at radius 3 is 2.17 bits per heavy atom. The summed E-state index contributed by atoms with van der Waals surface area (Å²) >= 11 is 6.34. The zero-order valence-corrected chi connectivity index (χ0v) is 11.8. The van der Waals surface area contributed by atoms with Crippen LogP contribution in [-0.2, 0) is 10.2 Å². The van der Waals surface area contributed by atoms with Gasteiger partial charge in [0.2, 0.25) is 4.87 Å². The van der Waals surface area contributed by atoms with Crippen LogP contribution in [0, 0.1) is 11.3 Å². The number of benzene rings is 1. The van der Waals surface area contributed by atoms with E-state index in [1.807, 2.05) is 36.4 Å². The Hall–Kier alpha value is -1.53. The molecule has 0 saturated carbocycles. The third-order valence-corrected chi connectivity index (χ3v) is 3.93. The van der Waals surface area contributed by atoms with Crippen molar-refractivity contribution in [2.45, 2.75) is 24.1 Å². The molecule has 0 aliphatic heterocycles. The number of hydrogen-bond donors (Lipinski definition) is 0. The second-order valence-corrected chi connectivity index (χ2v) is 5.53. The lowest BCUT2D eigenvalue weighted by Crippen LogP contribution is -2.53. The highest BCUT2D eigenvalue weighted by molar-refractivity contribution is 6.38. The molecule has 96 valence electrons. The van der Waals surface area contributed by atoms with Crippen molar-refractivity contribution in [2.24, 2.45) is 0 Å². The summed E-state index contributed by atoms with van der Waals surface area (Å²) in [6, 6.07) is 11.3. The van der Waals surface area contributed by atoms with Crippen molar-refractivity contribution in [1.82, 2.24) is 4.90 Å². The number of nitrogens with zero attached hydrogens (tertiary/aromatic N) is 2. The van der Waals surface area contributed by atoms with E-state index >= 15 is 0 Å². The van der Waals surface area contributed by atoms with Gasteiger partial charge in [0, 0.05) is 19.5 Å². The molecule has 1 aromatic carbocycles. The van der Waals surface area contributed by atoms with Gasteiger partial charge in [0.05, 0.1) is 6.07 Å². The summed E-state index contributed by atoms with van der Waals surface area (Å²) in [5.74, 6) is -0.402. The molecule has 3 nitrogen and oxygen atoms in total. The SMILES string of the molecule is CN(C)C(=O)C(Cl)(C#N)C(C)(C)c1ccccc1. The first kappa shape index (κ1) is 14.5. The van der Waals surface area contributed by atoms with Crippen LogP contribution < -0.4 is 0 Å². The number of rotatable bonds is 3. The zero-order valence-electron chi connectivity index (χ0n) is 11.1. The van der Waals surface area contributed by atoms with E-state index in [2.05, 4.69) is 0 Å². The maximum absolute atomic E-state index is 12.2. The fourth-order valence-electron chi connectivity index (χ4n) is 1.82. The summed E-state index contributed by atoms with van der Waals surface area (Å²) < 4.78 is 0. The van der Waals surface area contributed by atoms with Gasteiger partial charge in [0.1, 0.15) is 0 Å². The van der Waals surface area contributed by atoms with E-state index < -0.39 is 16.2 Å². The molecule has 1 aromatic rings. The van der Waals surface area contributed by atoms with Gasteiger partial charge in [-0.2, -0.15) is 5.26 Å². The van der Waals surface area contributed by atoms with Gasteiger partial charge < -0.3 is 4.90 Å². The van der Waals surface area contributed by atoms with E-state index in [4.69, 9.17) is 11.6 Å². The van der Waals surface area contributed by atoms with Crippen LogP contribution in [0.3, 0.4) is 0 Å². The molecule has 1 atom stereocenters. The van der Waals surface area contributed by atoms with Crippen molar-refractivity contribution in [3.63, 3.8) is 0 Å². The Bertz CT molecular complexity index is 476. The molecule has 0 aliphatic rings. The van der Waals surface area contributed by atoms with Gasteiger partial charge in [0.25, 0.3) is 5.91 Å². The second kappa shape index (κ2) is 4.99. The standard InChI is InChI=1S/C14H17ClN2O/c1-13(2,11-8-6-5-7-9-11)14(15,10-16)12(18)17(3)4/h5-9H,1-4H3. The molecule has 0 bridgehead atoms. The predicted molar refractivity (Wildman–Crippen MR) is 72.4 cm³/mol. The first-order valence-corrected chi connectivity index (χ1v) is 6.02. The van der Waals surface area contributed by atoms with Crippen molar-refractivity contribution < 1.29 is 4.79 Å². The van der Waals surface area contributed by atoms with Crippen LogP contribution in [0.2, 0.25) is 0 Å². The Morgan fingerprint density at radius 1 is 1.28 bits per heavy atom. The molecule has 4 heteroatoms. The molecular weight excluding hydrogens is 248 g/mol. The van der Waals surface area contributed by atoms with E-state index in [1.54, 1.807) is 27.9 Å². The molecule has 1 unspecified atom stereocenters.